The van der Waals surface area contributed by atoms with Crippen molar-refractivity contribution in [2.24, 2.45) is 0 Å². The molecule has 0 aliphatic heterocycles. The van der Waals surface area contributed by atoms with Crippen molar-refractivity contribution >= 4 is 0 Å². The van der Waals surface area contributed by atoms with Gasteiger partial charge < -0.3 is 9.47 Å². The molecule has 60 valence electrons. The SMILES string of the molecule is COC1CCC[C@@H](OC)C1. The van der Waals surface area contributed by atoms with E-state index in [1.54, 1.807) is 14.2 Å². The van der Waals surface area contributed by atoms with Gasteiger partial charge in [0.1, 0.15) is 0 Å². The predicted octanol–water partition coefficient (Wildman–Crippen LogP) is 1.59. The molecule has 1 aliphatic carbocycles. The smallest absolute Gasteiger partial charge is 0.0596 e. The van der Waals surface area contributed by atoms with E-state index in [-0.39, 0.29) is 0 Å². The topological polar surface area (TPSA) is 18.5 Å². The molecule has 2 nitrogen and oxygen atoms in total. The highest BCUT2D eigenvalue weighted by molar-refractivity contribution is 4.72. The number of methoxy groups -OCH3 is 2. The van der Waals surface area contributed by atoms with Crippen LogP contribution in [0.2, 0.25) is 0 Å². The van der Waals surface area contributed by atoms with E-state index in [9.17, 15) is 0 Å². The van der Waals surface area contributed by atoms with Crippen LogP contribution in [0, 0.1) is 0 Å². The molecule has 1 rings (SSSR count). The van der Waals surface area contributed by atoms with E-state index in [0.29, 0.717) is 12.2 Å². The first-order valence-corrected chi connectivity index (χ1v) is 3.92. The van der Waals surface area contributed by atoms with Gasteiger partial charge in [-0.15, -0.1) is 0 Å². The molecule has 10 heavy (non-hydrogen) atoms. The minimum absolute atomic E-state index is 0.443. The Labute approximate surface area is 62.5 Å². The van der Waals surface area contributed by atoms with Gasteiger partial charge in [-0.05, 0) is 25.7 Å². The predicted molar refractivity (Wildman–Crippen MR) is 40.1 cm³/mol. The van der Waals surface area contributed by atoms with Crippen molar-refractivity contribution in [3.05, 3.63) is 0 Å². The summed E-state index contributed by atoms with van der Waals surface area (Å²) in [6.45, 7) is 0. The summed E-state index contributed by atoms with van der Waals surface area (Å²) in [6, 6.07) is 0. The van der Waals surface area contributed by atoms with E-state index in [2.05, 4.69) is 0 Å². The maximum Gasteiger partial charge on any atom is 0.0596 e. The zero-order valence-corrected chi connectivity index (χ0v) is 6.80. The highest BCUT2D eigenvalue weighted by Crippen LogP contribution is 2.22. The van der Waals surface area contributed by atoms with E-state index in [4.69, 9.17) is 9.47 Å². The quantitative estimate of drug-likeness (QED) is 0.586. The molecular formula is C8H16O2. The lowest BCUT2D eigenvalue weighted by molar-refractivity contribution is -0.00924. The fourth-order valence-electron chi connectivity index (χ4n) is 1.53. The first-order chi connectivity index (χ1) is 4.86. The summed E-state index contributed by atoms with van der Waals surface area (Å²) < 4.78 is 10.5. The van der Waals surface area contributed by atoms with Gasteiger partial charge in [0.2, 0.25) is 0 Å². The fraction of sp³-hybridized carbons (Fsp3) is 1.00. The van der Waals surface area contributed by atoms with Gasteiger partial charge in [0, 0.05) is 14.2 Å². The average molecular weight is 144 g/mol. The first-order valence-electron chi connectivity index (χ1n) is 3.92. The number of ether oxygens (including phenoxy) is 2. The van der Waals surface area contributed by atoms with Crippen LogP contribution in [0.3, 0.4) is 0 Å². The van der Waals surface area contributed by atoms with Gasteiger partial charge in [-0.1, -0.05) is 0 Å². The van der Waals surface area contributed by atoms with E-state index >= 15 is 0 Å². The second-order valence-corrected chi connectivity index (χ2v) is 2.88. The minimum Gasteiger partial charge on any atom is -0.381 e. The van der Waals surface area contributed by atoms with Gasteiger partial charge in [0.15, 0.2) is 0 Å². The Morgan fingerprint density at radius 2 is 1.50 bits per heavy atom. The largest absolute Gasteiger partial charge is 0.381 e. The second-order valence-electron chi connectivity index (χ2n) is 2.88. The summed E-state index contributed by atoms with van der Waals surface area (Å²) in [5.41, 5.74) is 0. The van der Waals surface area contributed by atoms with Gasteiger partial charge >= 0.3 is 0 Å². The van der Waals surface area contributed by atoms with E-state index in [1.165, 1.54) is 19.3 Å². The van der Waals surface area contributed by atoms with Crippen molar-refractivity contribution in [3.8, 4) is 0 Å². The molecule has 1 fully saturated rings. The van der Waals surface area contributed by atoms with Crippen LogP contribution < -0.4 is 0 Å². The molecule has 0 bridgehead atoms. The van der Waals surface area contributed by atoms with Crippen LogP contribution in [0.4, 0.5) is 0 Å². The van der Waals surface area contributed by atoms with Crippen molar-refractivity contribution in [1.29, 1.82) is 0 Å². The van der Waals surface area contributed by atoms with Gasteiger partial charge in [-0.3, -0.25) is 0 Å². The molecule has 0 aromatic carbocycles. The van der Waals surface area contributed by atoms with Crippen LogP contribution in [-0.2, 0) is 9.47 Å². The summed E-state index contributed by atoms with van der Waals surface area (Å²) in [5, 5.41) is 0. The lowest BCUT2D eigenvalue weighted by Crippen LogP contribution is -2.26. The molecule has 0 spiro atoms. The van der Waals surface area contributed by atoms with Crippen molar-refractivity contribution in [1.82, 2.24) is 0 Å². The fourth-order valence-corrected chi connectivity index (χ4v) is 1.53. The molecule has 0 heterocycles. The maximum absolute atomic E-state index is 5.24. The zero-order chi connectivity index (χ0) is 7.40. The number of hydrogen-bond donors (Lipinski definition) is 0. The van der Waals surface area contributed by atoms with Gasteiger partial charge in [-0.25, -0.2) is 0 Å². The van der Waals surface area contributed by atoms with E-state index in [1.807, 2.05) is 0 Å². The van der Waals surface area contributed by atoms with Crippen LogP contribution in [0.1, 0.15) is 25.7 Å². The molecule has 1 saturated carbocycles. The summed E-state index contributed by atoms with van der Waals surface area (Å²) in [7, 11) is 3.56. The Balaban J connectivity index is 2.25. The summed E-state index contributed by atoms with van der Waals surface area (Å²) in [5.74, 6) is 0. The standard InChI is InChI=1S/C8H16O2/c1-9-7-4-3-5-8(6-7)10-2/h7-8H,3-6H2,1-2H3/t7-,8?/m1/s1. The van der Waals surface area contributed by atoms with Crippen molar-refractivity contribution in [3.63, 3.8) is 0 Å². The summed E-state index contributed by atoms with van der Waals surface area (Å²) >= 11 is 0. The normalized spacial score (nSPS) is 34.2. The van der Waals surface area contributed by atoms with Crippen molar-refractivity contribution in [2.75, 3.05) is 14.2 Å². The zero-order valence-electron chi connectivity index (χ0n) is 6.80. The minimum atomic E-state index is 0.443. The Morgan fingerprint density at radius 1 is 1.00 bits per heavy atom. The molecule has 0 aromatic rings. The van der Waals surface area contributed by atoms with Crippen molar-refractivity contribution in [2.45, 2.75) is 37.9 Å². The third kappa shape index (κ3) is 1.96. The number of rotatable bonds is 2. The summed E-state index contributed by atoms with van der Waals surface area (Å²) in [4.78, 5) is 0. The van der Waals surface area contributed by atoms with Crippen LogP contribution in [-0.4, -0.2) is 26.4 Å². The lowest BCUT2D eigenvalue weighted by atomic mass is 9.95. The molecule has 0 saturated heterocycles. The molecule has 2 atom stereocenters. The Hall–Kier alpha value is -0.0800. The van der Waals surface area contributed by atoms with Crippen LogP contribution in [0.5, 0.6) is 0 Å². The lowest BCUT2D eigenvalue weighted by Gasteiger charge is -2.26. The molecule has 1 aliphatic rings. The van der Waals surface area contributed by atoms with Gasteiger partial charge in [0.05, 0.1) is 12.2 Å². The Kier molecular flexibility index (Phi) is 3.16. The highest BCUT2D eigenvalue weighted by Gasteiger charge is 2.20. The highest BCUT2D eigenvalue weighted by atomic mass is 16.5. The average Bonchev–Trinajstić information content (AvgIpc) is 2.05. The van der Waals surface area contributed by atoms with Crippen LogP contribution in [0.25, 0.3) is 0 Å². The Morgan fingerprint density at radius 3 is 1.90 bits per heavy atom. The third-order valence-electron chi connectivity index (χ3n) is 2.24. The van der Waals surface area contributed by atoms with E-state index in [0.717, 1.165) is 6.42 Å². The van der Waals surface area contributed by atoms with Crippen LogP contribution >= 0.6 is 0 Å². The van der Waals surface area contributed by atoms with Crippen LogP contribution in [0.15, 0.2) is 0 Å². The van der Waals surface area contributed by atoms with Gasteiger partial charge in [-0.2, -0.15) is 0 Å². The molecule has 0 radical (unpaired) electrons. The molecule has 0 amide bonds. The molecule has 1 unspecified atom stereocenters. The Bertz CT molecular complexity index is 83.3. The maximum atomic E-state index is 5.24. The molecule has 0 N–H and O–H groups in total. The van der Waals surface area contributed by atoms with E-state index < -0.39 is 0 Å². The summed E-state index contributed by atoms with van der Waals surface area (Å²) in [6.07, 6.45) is 5.62. The molecular weight excluding hydrogens is 128 g/mol. The molecule has 0 aromatic heterocycles. The molecule has 2 heteroatoms. The number of hydrogen-bond acceptors (Lipinski definition) is 2. The third-order valence-corrected chi connectivity index (χ3v) is 2.24. The second kappa shape index (κ2) is 3.94. The first kappa shape index (κ1) is 8.02. The van der Waals surface area contributed by atoms with Gasteiger partial charge in [0.25, 0.3) is 0 Å². The van der Waals surface area contributed by atoms with Crippen molar-refractivity contribution < 1.29 is 9.47 Å². The monoisotopic (exact) mass is 144 g/mol.